The molecule has 7 nitrogen and oxygen atoms in total. The lowest BCUT2D eigenvalue weighted by molar-refractivity contribution is -0.150. The third-order valence-corrected chi connectivity index (χ3v) is 4.59. The number of esters is 1. The smallest absolute Gasteiger partial charge is 0.329 e. The SMILES string of the molecule is Cc1ccc2c(c1)C(=O)N([C@@H](C)C(=O)OCC(=O)Nc1cc(Cl)ccc1F)C2=O. The highest BCUT2D eigenvalue weighted by molar-refractivity contribution is 6.31. The minimum absolute atomic E-state index is 0.165. The second-order valence-corrected chi connectivity index (χ2v) is 6.92. The van der Waals surface area contributed by atoms with Gasteiger partial charge in [-0.2, -0.15) is 0 Å². The molecule has 29 heavy (non-hydrogen) atoms. The van der Waals surface area contributed by atoms with Crippen LogP contribution in [0.1, 0.15) is 33.2 Å². The highest BCUT2D eigenvalue weighted by atomic mass is 35.5. The van der Waals surface area contributed by atoms with Gasteiger partial charge in [-0.25, -0.2) is 9.18 Å². The number of rotatable bonds is 5. The van der Waals surface area contributed by atoms with Gasteiger partial charge >= 0.3 is 5.97 Å². The summed E-state index contributed by atoms with van der Waals surface area (Å²) in [7, 11) is 0. The Hall–Kier alpha value is -3.26. The molecule has 150 valence electrons. The van der Waals surface area contributed by atoms with Crippen LogP contribution >= 0.6 is 11.6 Å². The molecule has 0 saturated heterocycles. The Morgan fingerprint density at radius 3 is 2.55 bits per heavy atom. The molecule has 1 aliphatic rings. The van der Waals surface area contributed by atoms with Crippen LogP contribution in [0.4, 0.5) is 10.1 Å². The van der Waals surface area contributed by atoms with E-state index in [9.17, 15) is 23.6 Å². The van der Waals surface area contributed by atoms with Crippen LogP contribution in [0.3, 0.4) is 0 Å². The zero-order chi connectivity index (χ0) is 21.3. The minimum Gasteiger partial charge on any atom is -0.454 e. The third-order valence-electron chi connectivity index (χ3n) is 4.35. The van der Waals surface area contributed by atoms with Crippen molar-refractivity contribution in [1.29, 1.82) is 0 Å². The number of fused-ring (bicyclic) bond motifs is 1. The van der Waals surface area contributed by atoms with Crippen molar-refractivity contribution < 1.29 is 28.3 Å². The Bertz CT molecular complexity index is 1040. The highest BCUT2D eigenvalue weighted by Crippen LogP contribution is 2.26. The number of benzene rings is 2. The Balaban J connectivity index is 1.62. The number of carbonyl (C=O) groups excluding carboxylic acids is 4. The summed E-state index contributed by atoms with van der Waals surface area (Å²) in [6, 6.07) is 7.15. The lowest BCUT2D eigenvalue weighted by atomic mass is 10.1. The van der Waals surface area contributed by atoms with E-state index in [1.165, 1.54) is 25.1 Å². The molecule has 1 atom stereocenters. The van der Waals surface area contributed by atoms with Gasteiger partial charge in [0.1, 0.15) is 11.9 Å². The van der Waals surface area contributed by atoms with Crippen molar-refractivity contribution in [2.45, 2.75) is 19.9 Å². The van der Waals surface area contributed by atoms with Crippen molar-refractivity contribution in [2.24, 2.45) is 0 Å². The highest BCUT2D eigenvalue weighted by Gasteiger charge is 2.41. The lowest BCUT2D eigenvalue weighted by Crippen LogP contribution is -2.44. The van der Waals surface area contributed by atoms with Gasteiger partial charge < -0.3 is 10.1 Å². The Labute approximate surface area is 170 Å². The van der Waals surface area contributed by atoms with Crippen molar-refractivity contribution >= 4 is 41.0 Å². The summed E-state index contributed by atoms with van der Waals surface area (Å²) in [6.45, 7) is 2.38. The molecule has 0 radical (unpaired) electrons. The van der Waals surface area contributed by atoms with E-state index in [-0.39, 0.29) is 21.8 Å². The first-order valence-corrected chi connectivity index (χ1v) is 8.97. The quantitative estimate of drug-likeness (QED) is 0.595. The molecular formula is C20H16ClFN2O5. The molecule has 1 N–H and O–H groups in total. The molecule has 9 heteroatoms. The second-order valence-electron chi connectivity index (χ2n) is 6.49. The maximum Gasteiger partial charge on any atom is 0.329 e. The molecule has 3 amide bonds. The van der Waals surface area contributed by atoms with Crippen LogP contribution < -0.4 is 5.32 Å². The average molecular weight is 419 g/mol. The van der Waals surface area contributed by atoms with Gasteiger partial charge in [-0.05, 0) is 44.2 Å². The predicted octanol–water partition coefficient (Wildman–Crippen LogP) is 2.95. The van der Waals surface area contributed by atoms with Crippen LogP contribution in [-0.4, -0.2) is 41.2 Å². The van der Waals surface area contributed by atoms with E-state index in [1.807, 2.05) is 0 Å². The van der Waals surface area contributed by atoms with E-state index >= 15 is 0 Å². The zero-order valence-electron chi connectivity index (χ0n) is 15.5. The number of imide groups is 1. The molecule has 2 aromatic rings. The van der Waals surface area contributed by atoms with Crippen molar-refractivity contribution in [3.05, 3.63) is 63.9 Å². The summed E-state index contributed by atoms with van der Waals surface area (Å²) in [5.74, 6) is -3.67. The van der Waals surface area contributed by atoms with Gasteiger partial charge in [-0.1, -0.05) is 23.2 Å². The van der Waals surface area contributed by atoms with Gasteiger partial charge in [-0.3, -0.25) is 19.3 Å². The van der Waals surface area contributed by atoms with E-state index in [0.717, 1.165) is 16.5 Å². The van der Waals surface area contributed by atoms with Crippen LogP contribution in [-0.2, 0) is 14.3 Å². The molecule has 0 aromatic heterocycles. The molecule has 2 aromatic carbocycles. The van der Waals surface area contributed by atoms with Crippen LogP contribution in [0.2, 0.25) is 5.02 Å². The van der Waals surface area contributed by atoms with Gasteiger partial charge in [0.25, 0.3) is 17.7 Å². The lowest BCUT2D eigenvalue weighted by Gasteiger charge is -2.20. The molecule has 1 heterocycles. The fourth-order valence-corrected chi connectivity index (χ4v) is 3.04. The van der Waals surface area contributed by atoms with Gasteiger partial charge in [0.15, 0.2) is 6.61 Å². The summed E-state index contributed by atoms with van der Waals surface area (Å²) >= 11 is 5.74. The van der Waals surface area contributed by atoms with Gasteiger partial charge in [0, 0.05) is 5.02 Å². The van der Waals surface area contributed by atoms with E-state index in [0.29, 0.717) is 0 Å². The topological polar surface area (TPSA) is 92.8 Å². The van der Waals surface area contributed by atoms with Crippen molar-refractivity contribution in [3.63, 3.8) is 0 Å². The Morgan fingerprint density at radius 1 is 1.14 bits per heavy atom. The monoisotopic (exact) mass is 418 g/mol. The zero-order valence-corrected chi connectivity index (χ0v) is 16.2. The standard InChI is InChI=1S/C20H16ClFN2O5/c1-10-3-5-13-14(7-10)19(27)24(18(13)26)11(2)20(28)29-9-17(25)23-16-8-12(21)4-6-15(16)22/h3-8,11H,9H2,1-2H3,(H,23,25)/t11-/m0/s1. The number of carbonyl (C=O) groups is 4. The number of nitrogens with zero attached hydrogens (tertiary/aromatic N) is 1. The number of amides is 3. The summed E-state index contributed by atoms with van der Waals surface area (Å²) < 4.78 is 18.5. The Kier molecular flexibility index (Phi) is 5.65. The maximum atomic E-state index is 13.6. The summed E-state index contributed by atoms with van der Waals surface area (Å²) in [4.78, 5) is 50.0. The number of hydrogen-bond acceptors (Lipinski definition) is 5. The molecule has 0 unspecified atom stereocenters. The average Bonchev–Trinajstić information content (AvgIpc) is 2.92. The van der Waals surface area contributed by atoms with Gasteiger partial charge in [0.05, 0.1) is 16.8 Å². The third kappa shape index (κ3) is 4.12. The number of nitrogens with one attached hydrogen (secondary N) is 1. The first-order valence-electron chi connectivity index (χ1n) is 8.59. The van der Waals surface area contributed by atoms with E-state index in [2.05, 4.69) is 5.32 Å². The summed E-state index contributed by atoms with van der Waals surface area (Å²) in [6.07, 6.45) is 0. The largest absolute Gasteiger partial charge is 0.454 e. The van der Waals surface area contributed by atoms with E-state index in [4.69, 9.17) is 16.3 Å². The van der Waals surface area contributed by atoms with E-state index in [1.54, 1.807) is 19.1 Å². The Morgan fingerprint density at radius 2 is 1.83 bits per heavy atom. The minimum atomic E-state index is -1.24. The molecule has 0 fully saturated rings. The van der Waals surface area contributed by atoms with Gasteiger partial charge in [0.2, 0.25) is 0 Å². The number of ether oxygens (including phenoxy) is 1. The molecule has 3 rings (SSSR count). The number of halogens is 2. The first kappa shape index (κ1) is 20.5. The fraction of sp³-hybridized carbons (Fsp3) is 0.200. The fourth-order valence-electron chi connectivity index (χ4n) is 2.87. The molecule has 0 bridgehead atoms. The summed E-state index contributed by atoms with van der Waals surface area (Å²) in [5.41, 5.74) is 1.05. The van der Waals surface area contributed by atoms with E-state index < -0.39 is 42.2 Å². The molecule has 0 saturated carbocycles. The molecule has 0 spiro atoms. The molecule has 1 aliphatic heterocycles. The van der Waals surface area contributed by atoms with Crippen molar-refractivity contribution in [1.82, 2.24) is 4.90 Å². The normalized spacial score (nSPS) is 13.9. The van der Waals surface area contributed by atoms with Crippen molar-refractivity contribution in [3.8, 4) is 0 Å². The molecular weight excluding hydrogens is 403 g/mol. The number of aryl methyl sites for hydroxylation is 1. The number of anilines is 1. The predicted molar refractivity (Wildman–Crippen MR) is 102 cm³/mol. The number of hydrogen-bond donors (Lipinski definition) is 1. The van der Waals surface area contributed by atoms with Gasteiger partial charge in [-0.15, -0.1) is 0 Å². The van der Waals surface area contributed by atoms with Crippen LogP contribution in [0, 0.1) is 12.7 Å². The van der Waals surface area contributed by atoms with Crippen LogP contribution in [0.15, 0.2) is 36.4 Å². The summed E-state index contributed by atoms with van der Waals surface area (Å²) in [5, 5.41) is 2.45. The first-order chi connectivity index (χ1) is 13.7. The van der Waals surface area contributed by atoms with Crippen molar-refractivity contribution in [2.75, 3.05) is 11.9 Å². The maximum absolute atomic E-state index is 13.6. The van der Waals surface area contributed by atoms with Crippen LogP contribution in [0.25, 0.3) is 0 Å². The molecule has 0 aliphatic carbocycles. The van der Waals surface area contributed by atoms with Crippen LogP contribution in [0.5, 0.6) is 0 Å². The second kappa shape index (κ2) is 8.00.